The number of carbonyl (C=O) groups is 2. The second-order valence-corrected chi connectivity index (χ2v) is 6.09. The van der Waals surface area contributed by atoms with Gasteiger partial charge in [-0.1, -0.05) is 39.5 Å². The van der Waals surface area contributed by atoms with Gasteiger partial charge in [0, 0.05) is 19.5 Å². The number of rotatable bonds is 9. The number of hydrogen-bond donors (Lipinski definition) is 0. The molecule has 1 atom stereocenters. The highest BCUT2D eigenvalue weighted by molar-refractivity contribution is 5.86. The van der Waals surface area contributed by atoms with Gasteiger partial charge >= 0.3 is 5.97 Å². The highest BCUT2D eigenvalue weighted by atomic mass is 16.5. The third kappa shape index (κ3) is 5.93. The minimum Gasteiger partial charge on any atom is -0.466 e. The molecule has 20 heavy (non-hydrogen) atoms. The average Bonchev–Trinajstić information content (AvgIpc) is 2.75. The Morgan fingerprint density at radius 3 is 2.65 bits per heavy atom. The standard InChI is InChI=1S/C16H29NO3/c1-4-20-16(19)14-11-15(18)17(12-14)10-8-6-5-7-9-13(2)3/h13-14H,4-12H2,1-3H3. The van der Waals surface area contributed by atoms with Crippen molar-refractivity contribution in [2.24, 2.45) is 11.8 Å². The van der Waals surface area contributed by atoms with E-state index in [1.165, 1.54) is 25.7 Å². The maximum Gasteiger partial charge on any atom is 0.311 e. The Bertz CT molecular complexity index is 315. The zero-order chi connectivity index (χ0) is 15.0. The van der Waals surface area contributed by atoms with Crippen LogP contribution in [0, 0.1) is 11.8 Å². The maximum atomic E-state index is 11.8. The van der Waals surface area contributed by atoms with Gasteiger partial charge in [-0.2, -0.15) is 0 Å². The van der Waals surface area contributed by atoms with Gasteiger partial charge < -0.3 is 9.64 Å². The van der Waals surface area contributed by atoms with Gasteiger partial charge in [-0.05, 0) is 19.3 Å². The molecule has 0 saturated carbocycles. The number of amides is 1. The molecule has 1 aliphatic heterocycles. The molecular formula is C16H29NO3. The molecular weight excluding hydrogens is 254 g/mol. The fourth-order valence-corrected chi connectivity index (χ4v) is 2.62. The number of esters is 1. The lowest BCUT2D eigenvalue weighted by Gasteiger charge is -2.16. The lowest BCUT2D eigenvalue weighted by atomic mass is 10.0. The Kier molecular flexibility index (Phi) is 7.63. The lowest BCUT2D eigenvalue weighted by Crippen LogP contribution is -2.27. The largest absolute Gasteiger partial charge is 0.466 e. The summed E-state index contributed by atoms with van der Waals surface area (Å²) in [5.74, 6) is 0.411. The van der Waals surface area contributed by atoms with Crippen LogP contribution in [0.1, 0.15) is 59.3 Å². The van der Waals surface area contributed by atoms with Gasteiger partial charge in [-0.25, -0.2) is 0 Å². The molecule has 116 valence electrons. The third-order valence-electron chi connectivity index (χ3n) is 3.79. The Hall–Kier alpha value is -1.06. The van der Waals surface area contributed by atoms with E-state index < -0.39 is 0 Å². The molecule has 1 amide bonds. The van der Waals surface area contributed by atoms with Gasteiger partial charge in [0.05, 0.1) is 12.5 Å². The van der Waals surface area contributed by atoms with Gasteiger partial charge in [0.1, 0.15) is 0 Å². The number of unbranched alkanes of at least 4 members (excludes halogenated alkanes) is 3. The zero-order valence-electron chi connectivity index (χ0n) is 13.2. The molecule has 1 rings (SSSR count). The number of nitrogens with zero attached hydrogens (tertiary/aromatic N) is 1. The van der Waals surface area contributed by atoms with E-state index in [1.807, 2.05) is 4.90 Å². The van der Waals surface area contributed by atoms with Crippen molar-refractivity contribution in [2.75, 3.05) is 19.7 Å². The van der Waals surface area contributed by atoms with E-state index in [1.54, 1.807) is 6.92 Å². The molecule has 1 unspecified atom stereocenters. The third-order valence-corrected chi connectivity index (χ3v) is 3.79. The van der Waals surface area contributed by atoms with Crippen LogP contribution in [0.25, 0.3) is 0 Å². The fourth-order valence-electron chi connectivity index (χ4n) is 2.62. The van der Waals surface area contributed by atoms with Crippen LogP contribution in [-0.2, 0) is 14.3 Å². The van der Waals surface area contributed by atoms with Crippen molar-refractivity contribution < 1.29 is 14.3 Å². The molecule has 1 saturated heterocycles. The van der Waals surface area contributed by atoms with Crippen LogP contribution in [0.15, 0.2) is 0 Å². The number of carbonyl (C=O) groups excluding carboxylic acids is 2. The van der Waals surface area contributed by atoms with Crippen molar-refractivity contribution in [2.45, 2.75) is 59.3 Å². The van der Waals surface area contributed by atoms with Gasteiger partial charge in [-0.15, -0.1) is 0 Å². The van der Waals surface area contributed by atoms with Gasteiger partial charge in [0.15, 0.2) is 0 Å². The first-order valence-corrected chi connectivity index (χ1v) is 7.99. The lowest BCUT2D eigenvalue weighted by molar-refractivity contribution is -0.147. The monoisotopic (exact) mass is 283 g/mol. The van der Waals surface area contributed by atoms with Crippen molar-refractivity contribution in [3.63, 3.8) is 0 Å². The van der Waals surface area contributed by atoms with E-state index >= 15 is 0 Å². The number of hydrogen-bond acceptors (Lipinski definition) is 3. The van der Waals surface area contributed by atoms with Crippen LogP contribution in [0.2, 0.25) is 0 Å². The summed E-state index contributed by atoms with van der Waals surface area (Å²) in [6.07, 6.45) is 6.33. The van der Waals surface area contributed by atoms with Crippen LogP contribution in [0.4, 0.5) is 0 Å². The van der Waals surface area contributed by atoms with Crippen molar-refractivity contribution in [3.05, 3.63) is 0 Å². The van der Waals surface area contributed by atoms with Crippen molar-refractivity contribution in [3.8, 4) is 0 Å². The molecule has 0 bridgehead atoms. The minimum absolute atomic E-state index is 0.102. The summed E-state index contributed by atoms with van der Waals surface area (Å²) < 4.78 is 4.98. The molecule has 0 spiro atoms. The average molecular weight is 283 g/mol. The predicted molar refractivity (Wildman–Crippen MR) is 79.2 cm³/mol. The molecule has 0 aliphatic carbocycles. The first-order chi connectivity index (χ1) is 9.54. The Labute approximate surface area is 122 Å². The van der Waals surface area contributed by atoms with Crippen LogP contribution < -0.4 is 0 Å². The summed E-state index contributed by atoms with van der Waals surface area (Å²) in [6, 6.07) is 0. The normalized spacial score (nSPS) is 18.9. The topological polar surface area (TPSA) is 46.6 Å². The molecule has 0 radical (unpaired) electrons. The van der Waals surface area contributed by atoms with Crippen LogP contribution in [0.3, 0.4) is 0 Å². The van der Waals surface area contributed by atoms with Gasteiger partial charge in [-0.3, -0.25) is 9.59 Å². The van der Waals surface area contributed by atoms with E-state index in [0.29, 0.717) is 19.6 Å². The summed E-state index contributed by atoms with van der Waals surface area (Å²) >= 11 is 0. The summed E-state index contributed by atoms with van der Waals surface area (Å²) in [6.45, 7) is 8.01. The Morgan fingerprint density at radius 1 is 1.30 bits per heavy atom. The maximum absolute atomic E-state index is 11.8. The van der Waals surface area contributed by atoms with Crippen molar-refractivity contribution in [1.29, 1.82) is 0 Å². The molecule has 1 aliphatic rings. The highest BCUT2D eigenvalue weighted by Crippen LogP contribution is 2.20. The second kappa shape index (κ2) is 8.98. The van der Waals surface area contributed by atoms with Crippen molar-refractivity contribution in [1.82, 2.24) is 4.90 Å². The van der Waals surface area contributed by atoms with Gasteiger partial charge in [0.2, 0.25) is 5.91 Å². The Morgan fingerprint density at radius 2 is 2.00 bits per heavy atom. The second-order valence-electron chi connectivity index (χ2n) is 6.09. The van der Waals surface area contributed by atoms with Gasteiger partial charge in [0.25, 0.3) is 0 Å². The van der Waals surface area contributed by atoms with Crippen LogP contribution >= 0.6 is 0 Å². The molecule has 0 aromatic carbocycles. The molecule has 1 fully saturated rings. The summed E-state index contributed by atoms with van der Waals surface area (Å²) in [5, 5.41) is 0. The molecule has 0 aromatic rings. The quantitative estimate of drug-likeness (QED) is 0.483. The SMILES string of the molecule is CCOC(=O)C1CC(=O)N(CCCCCCC(C)C)C1. The van der Waals surface area contributed by atoms with E-state index in [4.69, 9.17) is 4.74 Å². The predicted octanol–water partition coefficient (Wildman–Crippen LogP) is 3.00. The smallest absolute Gasteiger partial charge is 0.311 e. The Balaban J connectivity index is 2.15. The zero-order valence-corrected chi connectivity index (χ0v) is 13.2. The fraction of sp³-hybridized carbons (Fsp3) is 0.875. The molecule has 0 aromatic heterocycles. The molecule has 0 N–H and O–H groups in total. The van der Waals surface area contributed by atoms with Crippen LogP contribution in [0.5, 0.6) is 0 Å². The summed E-state index contributed by atoms with van der Waals surface area (Å²) in [5.41, 5.74) is 0. The first-order valence-electron chi connectivity index (χ1n) is 7.99. The van der Waals surface area contributed by atoms with Crippen molar-refractivity contribution >= 4 is 11.9 Å². The van der Waals surface area contributed by atoms with Crippen LogP contribution in [-0.4, -0.2) is 36.5 Å². The summed E-state index contributed by atoms with van der Waals surface area (Å²) in [7, 11) is 0. The van der Waals surface area contributed by atoms with E-state index in [9.17, 15) is 9.59 Å². The molecule has 4 heteroatoms. The highest BCUT2D eigenvalue weighted by Gasteiger charge is 2.34. The molecule has 4 nitrogen and oxygen atoms in total. The first kappa shape index (κ1) is 17.0. The summed E-state index contributed by atoms with van der Waals surface area (Å²) in [4.78, 5) is 25.3. The number of likely N-dealkylation sites (tertiary alicyclic amines) is 1. The minimum atomic E-state index is -0.247. The van der Waals surface area contributed by atoms with E-state index in [2.05, 4.69) is 13.8 Å². The number of ether oxygens (including phenoxy) is 1. The van der Waals surface area contributed by atoms with E-state index in [0.717, 1.165) is 18.9 Å². The molecule has 1 heterocycles. The van der Waals surface area contributed by atoms with E-state index in [-0.39, 0.29) is 17.8 Å².